The molecule has 1 heterocycles. The zero-order valence-electron chi connectivity index (χ0n) is 12.4. The second kappa shape index (κ2) is 7.10. The van der Waals surface area contributed by atoms with Crippen molar-refractivity contribution in [1.82, 2.24) is 15.5 Å². The summed E-state index contributed by atoms with van der Waals surface area (Å²) in [5, 5.41) is 6.26. The van der Waals surface area contributed by atoms with Crippen molar-refractivity contribution in [2.45, 2.75) is 58.5 Å². The van der Waals surface area contributed by atoms with E-state index in [1.165, 1.54) is 0 Å². The van der Waals surface area contributed by atoms with Crippen LogP contribution in [0.4, 0.5) is 0 Å². The van der Waals surface area contributed by atoms with Gasteiger partial charge in [0.2, 0.25) is 5.91 Å². The summed E-state index contributed by atoms with van der Waals surface area (Å²) in [6.45, 7) is 12.4. The van der Waals surface area contributed by atoms with Crippen molar-refractivity contribution in [3.8, 4) is 0 Å². The normalized spacial score (nSPS) is 18.9. The largest absolute Gasteiger partial charge is 0.352 e. The van der Waals surface area contributed by atoms with Crippen LogP contribution in [0.15, 0.2) is 0 Å². The minimum Gasteiger partial charge on any atom is -0.352 e. The molecule has 0 radical (unpaired) electrons. The van der Waals surface area contributed by atoms with Crippen LogP contribution in [0, 0.1) is 0 Å². The molecule has 1 rings (SSSR count). The summed E-state index contributed by atoms with van der Waals surface area (Å²) < 4.78 is 0. The maximum Gasteiger partial charge on any atom is 0.234 e. The van der Waals surface area contributed by atoms with E-state index >= 15 is 0 Å². The Morgan fingerprint density at radius 2 is 1.89 bits per heavy atom. The molecule has 0 atom stereocenters. The highest BCUT2D eigenvalue weighted by molar-refractivity contribution is 5.78. The first kappa shape index (κ1) is 15.4. The van der Waals surface area contributed by atoms with Crippen molar-refractivity contribution in [3.05, 3.63) is 0 Å². The molecule has 1 aliphatic heterocycles. The molecular formula is C14H29N3O. The van der Waals surface area contributed by atoms with E-state index in [-0.39, 0.29) is 11.4 Å². The summed E-state index contributed by atoms with van der Waals surface area (Å²) in [6, 6.07) is 0.361. The molecule has 1 fully saturated rings. The van der Waals surface area contributed by atoms with Crippen molar-refractivity contribution in [2.24, 2.45) is 0 Å². The maximum absolute atomic E-state index is 11.7. The van der Waals surface area contributed by atoms with Crippen molar-refractivity contribution in [3.63, 3.8) is 0 Å². The van der Waals surface area contributed by atoms with Crippen LogP contribution in [-0.4, -0.2) is 48.6 Å². The fourth-order valence-corrected chi connectivity index (χ4v) is 2.35. The Morgan fingerprint density at radius 1 is 1.28 bits per heavy atom. The van der Waals surface area contributed by atoms with Crippen molar-refractivity contribution < 1.29 is 4.79 Å². The van der Waals surface area contributed by atoms with E-state index in [4.69, 9.17) is 0 Å². The van der Waals surface area contributed by atoms with E-state index in [1.807, 2.05) is 0 Å². The van der Waals surface area contributed by atoms with E-state index < -0.39 is 0 Å². The number of hydrogen-bond acceptors (Lipinski definition) is 3. The van der Waals surface area contributed by atoms with Crippen LogP contribution in [-0.2, 0) is 4.79 Å². The molecule has 0 aromatic carbocycles. The van der Waals surface area contributed by atoms with E-state index in [1.54, 1.807) is 0 Å². The van der Waals surface area contributed by atoms with E-state index in [2.05, 4.69) is 43.2 Å². The lowest BCUT2D eigenvalue weighted by molar-refractivity contribution is -0.121. The Hall–Kier alpha value is -0.610. The number of nitrogens with zero attached hydrogens (tertiary/aromatic N) is 1. The lowest BCUT2D eigenvalue weighted by Crippen LogP contribution is -2.51. The van der Waals surface area contributed by atoms with E-state index in [0.29, 0.717) is 12.6 Å². The van der Waals surface area contributed by atoms with Crippen LogP contribution in [0.25, 0.3) is 0 Å². The van der Waals surface area contributed by atoms with Gasteiger partial charge >= 0.3 is 0 Å². The first-order valence-corrected chi connectivity index (χ1v) is 7.18. The fourth-order valence-electron chi connectivity index (χ4n) is 2.35. The van der Waals surface area contributed by atoms with E-state index in [9.17, 15) is 4.79 Å². The lowest BCUT2D eigenvalue weighted by atomic mass is 9.98. The molecule has 0 bridgehead atoms. The topological polar surface area (TPSA) is 44.4 Å². The van der Waals surface area contributed by atoms with Gasteiger partial charge in [0.1, 0.15) is 0 Å². The van der Waals surface area contributed by atoms with Crippen LogP contribution < -0.4 is 10.6 Å². The molecule has 1 aliphatic rings. The van der Waals surface area contributed by atoms with Crippen molar-refractivity contribution >= 4 is 5.91 Å². The number of carbonyl (C=O) groups excluding carboxylic acids is 1. The lowest BCUT2D eigenvalue weighted by Gasteiger charge is -2.41. The molecule has 2 N–H and O–H groups in total. The van der Waals surface area contributed by atoms with Crippen molar-refractivity contribution in [2.75, 3.05) is 26.2 Å². The molecule has 0 aromatic heterocycles. The van der Waals surface area contributed by atoms with E-state index in [0.717, 1.165) is 38.9 Å². The molecule has 0 spiro atoms. The highest BCUT2D eigenvalue weighted by atomic mass is 16.1. The van der Waals surface area contributed by atoms with Gasteiger partial charge in [-0.1, -0.05) is 6.92 Å². The quantitative estimate of drug-likeness (QED) is 0.729. The van der Waals surface area contributed by atoms with Crippen LogP contribution >= 0.6 is 0 Å². The average Bonchev–Trinajstić information content (AvgIpc) is 2.29. The number of amides is 1. The third kappa shape index (κ3) is 5.36. The molecular weight excluding hydrogens is 226 g/mol. The highest BCUT2D eigenvalue weighted by Gasteiger charge is 2.27. The number of rotatable bonds is 5. The number of nitrogens with one attached hydrogen (secondary N) is 2. The Balaban J connectivity index is 2.21. The first-order valence-electron chi connectivity index (χ1n) is 7.18. The van der Waals surface area contributed by atoms with Gasteiger partial charge in [0.05, 0.1) is 6.54 Å². The van der Waals surface area contributed by atoms with Crippen LogP contribution in [0.1, 0.15) is 47.0 Å². The van der Waals surface area contributed by atoms with Crippen molar-refractivity contribution in [1.29, 1.82) is 0 Å². The molecule has 4 heteroatoms. The second-order valence-electron chi connectivity index (χ2n) is 6.18. The molecule has 0 saturated carbocycles. The minimum absolute atomic E-state index is 0.137. The summed E-state index contributed by atoms with van der Waals surface area (Å²) >= 11 is 0. The summed E-state index contributed by atoms with van der Waals surface area (Å²) in [5.74, 6) is 0.137. The Morgan fingerprint density at radius 3 is 2.39 bits per heavy atom. The standard InChI is InChI=1S/C14H29N3O/c1-5-8-15-11-13(18)16-12-6-9-17(10-7-12)14(2,3)4/h12,15H,5-11H2,1-4H3,(H,16,18). The minimum atomic E-state index is 0.137. The van der Waals surface area contributed by atoms with Gasteiger partial charge in [-0.3, -0.25) is 9.69 Å². The Bertz CT molecular complexity index is 252. The molecule has 0 unspecified atom stereocenters. The fraction of sp³-hybridized carbons (Fsp3) is 0.929. The maximum atomic E-state index is 11.7. The van der Waals surface area contributed by atoms with Gasteiger partial charge in [-0.05, 0) is 46.6 Å². The van der Waals surface area contributed by atoms with Gasteiger partial charge in [-0.2, -0.15) is 0 Å². The Labute approximate surface area is 111 Å². The first-order chi connectivity index (χ1) is 8.43. The predicted molar refractivity (Wildman–Crippen MR) is 75.7 cm³/mol. The number of carbonyl (C=O) groups is 1. The zero-order valence-corrected chi connectivity index (χ0v) is 12.4. The SMILES string of the molecule is CCCNCC(=O)NC1CCN(C(C)(C)C)CC1. The third-order valence-electron chi connectivity index (χ3n) is 3.52. The number of hydrogen-bond donors (Lipinski definition) is 2. The monoisotopic (exact) mass is 255 g/mol. The highest BCUT2D eigenvalue weighted by Crippen LogP contribution is 2.19. The smallest absolute Gasteiger partial charge is 0.234 e. The molecule has 1 saturated heterocycles. The summed E-state index contributed by atoms with van der Waals surface area (Å²) in [5.41, 5.74) is 0.248. The third-order valence-corrected chi connectivity index (χ3v) is 3.52. The molecule has 4 nitrogen and oxygen atoms in total. The van der Waals surface area contributed by atoms with Crippen LogP contribution in [0.2, 0.25) is 0 Å². The van der Waals surface area contributed by atoms with Gasteiger partial charge < -0.3 is 10.6 Å². The second-order valence-corrected chi connectivity index (χ2v) is 6.18. The Kier molecular flexibility index (Phi) is 6.09. The molecule has 1 amide bonds. The van der Waals surface area contributed by atoms with Gasteiger partial charge in [0.25, 0.3) is 0 Å². The van der Waals surface area contributed by atoms with Gasteiger partial charge in [0, 0.05) is 24.7 Å². The number of piperidine rings is 1. The van der Waals surface area contributed by atoms with Crippen LogP contribution in [0.3, 0.4) is 0 Å². The summed E-state index contributed by atoms with van der Waals surface area (Å²) in [4.78, 5) is 14.2. The summed E-state index contributed by atoms with van der Waals surface area (Å²) in [7, 11) is 0. The molecule has 18 heavy (non-hydrogen) atoms. The average molecular weight is 255 g/mol. The van der Waals surface area contributed by atoms with Gasteiger partial charge in [-0.25, -0.2) is 0 Å². The molecule has 0 aromatic rings. The van der Waals surface area contributed by atoms with Gasteiger partial charge in [-0.15, -0.1) is 0 Å². The van der Waals surface area contributed by atoms with Gasteiger partial charge in [0.15, 0.2) is 0 Å². The van der Waals surface area contributed by atoms with Crippen LogP contribution in [0.5, 0.6) is 0 Å². The molecule has 0 aliphatic carbocycles. The zero-order chi connectivity index (χ0) is 13.6. The molecule has 106 valence electrons. The predicted octanol–water partition coefficient (Wildman–Crippen LogP) is 1.37. The summed E-state index contributed by atoms with van der Waals surface area (Å²) in [6.07, 6.45) is 3.20. The number of likely N-dealkylation sites (tertiary alicyclic amines) is 1.